The van der Waals surface area contributed by atoms with Crippen molar-refractivity contribution in [2.75, 3.05) is 12.5 Å². The minimum atomic E-state index is -0.426. The topological polar surface area (TPSA) is 87.0 Å². The van der Waals surface area contributed by atoms with Crippen LogP contribution in [0.2, 0.25) is 0 Å². The summed E-state index contributed by atoms with van der Waals surface area (Å²) in [6.45, 7) is 0. The largest absolute Gasteiger partial charge is 0.427 e. The maximum absolute atomic E-state index is 12.8. The minimum absolute atomic E-state index is 0.00578. The van der Waals surface area contributed by atoms with Crippen LogP contribution in [0.15, 0.2) is 38.9 Å². The van der Waals surface area contributed by atoms with Gasteiger partial charge >= 0.3 is 5.97 Å². The van der Waals surface area contributed by atoms with Crippen LogP contribution in [0.5, 0.6) is 0 Å². The first-order valence-electron chi connectivity index (χ1n) is 8.58. The van der Waals surface area contributed by atoms with Crippen molar-refractivity contribution < 1.29 is 14.3 Å². The lowest BCUT2D eigenvalue weighted by molar-refractivity contribution is -0.115. The Morgan fingerprint density at radius 3 is 2.71 bits per heavy atom. The molecule has 0 atom stereocenters. The first-order chi connectivity index (χ1) is 13.5. The summed E-state index contributed by atoms with van der Waals surface area (Å²) in [4.78, 5) is 26.4. The molecule has 28 heavy (non-hydrogen) atoms. The highest BCUT2D eigenvalue weighted by atomic mass is 32.2. The molecule has 1 aliphatic rings. The van der Waals surface area contributed by atoms with E-state index >= 15 is 0 Å². The molecule has 148 valence electrons. The molecule has 2 aromatic rings. The molecule has 0 saturated heterocycles. The van der Waals surface area contributed by atoms with Gasteiger partial charge in [0.2, 0.25) is 5.16 Å². The molecule has 1 heterocycles. The van der Waals surface area contributed by atoms with Crippen molar-refractivity contribution in [1.82, 2.24) is 20.2 Å². The Bertz CT molecular complexity index is 927. The Labute approximate surface area is 176 Å². The van der Waals surface area contributed by atoms with Gasteiger partial charge in [0.15, 0.2) is 5.78 Å². The molecule has 0 unspecified atom stereocenters. The second-order valence-corrected chi connectivity index (χ2v) is 8.63. The number of carbonyl (C=O) groups is 2. The lowest BCUT2D eigenvalue weighted by atomic mass is 10.1. The molecular weight excluding hydrogens is 416 g/mol. The molecule has 0 saturated carbocycles. The zero-order valence-electron chi connectivity index (χ0n) is 15.8. The predicted molar refractivity (Wildman–Crippen MR) is 111 cm³/mol. The van der Waals surface area contributed by atoms with E-state index in [-0.39, 0.29) is 5.78 Å². The Morgan fingerprint density at radius 2 is 2.07 bits per heavy atom. The highest BCUT2D eigenvalue weighted by Gasteiger charge is 2.22. The zero-order chi connectivity index (χ0) is 20.1. The number of hydrogen-bond donors (Lipinski definition) is 0. The fourth-order valence-corrected chi connectivity index (χ4v) is 5.39. The third-order valence-corrected chi connectivity index (χ3v) is 6.91. The quantitative estimate of drug-likeness (QED) is 0.476. The Hall–Kier alpha value is -1.78. The molecule has 0 N–H and O–H groups in total. The number of hydrogen-bond acceptors (Lipinski definition) is 9. The van der Waals surface area contributed by atoms with Gasteiger partial charge in [0.05, 0.1) is 5.56 Å². The van der Waals surface area contributed by atoms with E-state index < -0.39 is 5.97 Å². The van der Waals surface area contributed by atoms with Crippen molar-refractivity contribution in [3.63, 3.8) is 0 Å². The maximum Gasteiger partial charge on any atom is 0.344 e. The van der Waals surface area contributed by atoms with Crippen LogP contribution < -0.4 is 0 Å². The summed E-state index contributed by atoms with van der Waals surface area (Å²) in [5.41, 5.74) is 1.56. The lowest BCUT2D eigenvalue weighted by Crippen LogP contribution is -2.12. The standard InChI is InChI=1S/C18H20N4O3S3/c1-22-18(19-20-21-22)28-10-14-15(26-2)8-7-13(16(14)27-3)17(24)25-12-6-4-5-11(23)9-12/h7-9H,4-6,10H2,1-3H3. The van der Waals surface area contributed by atoms with E-state index in [9.17, 15) is 9.59 Å². The van der Waals surface area contributed by atoms with Gasteiger partial charge < -0.3 is 4.74 Å². The predicted octanol–water partition coefficient (Wildman–Crippen LogP) is 3.74. The Kier molecular flexibility index (Phi) is 7.19. The van der Waals surface area contributed by atoms with Crippen LogP contribution in [-0.4, -0.2) is 44.5 Å². The molecule has 0 amide bonds. The zero-order valence-corrected chi connectivity index (χ0v) is 18.2. The molecule has 1 aliphatic carbocycles. The number of ether oxygens (including phenoxy) is 1. The van der Waals surface area contributed by atoms with E-state index in [1.807, 2.05) is 18.6 Å². The number of allylic oxidation sites excluding steroid dienone is 2. The van der Waals surface area contributed by atoms with Gasteiger partial charge in [0, 0.05) is 41.5 Å². The average Bonchev–Trinajstić information content (AvgIpc) is 3.10. The molecule has 0 radical (unpaired) electrons. The van der Waals surface area contributed by atoms with E-state index in [2.05, 4.69) is 15.5 Å². The Morgan fingerprint density at radius 1 is 1.25 bits per heavy atom. The van der Waals surface area contributed by atoms with E-state index in [0.717, 1.165) is 15.4 Å². The molecule has 7 nitrogen and oxygen atoms in total. The second kappa shape index (κ2) is 9.62. The van der Waals surface area contributed by atoms with Crippen LogP contribution in [0, 0.1) is 0 Å². The molecule has 0 aliphatic heterocycles. The highest BCUT2D eigenvalue weighted by molar-refractivity contribution is 8.00. The van der Waals surface area contributed by atoms with Crippen molar-refractivity contribution >= 4 is 47.0 Å². The molecule has 0 spiro atoms. The van der Waals surface area contributed by atoms with Crippen LogP contribution in [0.25, 0.3) is 0 Å². The lowest BCUT2D eigenvalue weighted by Gasteiger charge is -2.17. The highest BCUT2D eigenvalue weighted by Crippen LogP contribution is 2.37. The number of benzene rings is 1. The first-order valence-corrected chi connectivity index (χ1v) is 12.0. The maximum atomic E-state index is 12.8. The third kappa shape index (κ3) is 4.79. The third-order valence-electron chi connectivity index (χ3n) is 4.18. The minimum Gasteiger partial charge on any atom is -0.427 e. The molecule has 10 heteroatoms. The van der Waals surface area contributed by atoms with Crippen molar-refractivity contribution in [2.45, 2.75) is 40.0 Å². The van der Waals surface area contributed by atoms with Crippen molar-refractivity contribution in [3.8, 4) is 0 Å². The summed E-state index contributed by atoms with van der Waals surface area (Å²) >= 11 is 4.66. The van der Waals surface area contributed by atoms with Gasteiger partial charge in [-0.2, -0.15) is 0 Å². The average molecular weight is 437 g/mol. The summed E-state index contributed by atoms with van der Waals surface area (Å²) in [5, 5.41) is 12.2. The number of rotatable bonds is 7. The smallest absolute Gasteiger partial charge is 0.344 e. The Balaban J connectivity index is 1.88. The van der Waals surface area contributed by atoms with Gasteiger partial charge in [-0.25, -0.2) is 9.48 Å². The summed E-state index contributed by atoms with van der Waals surface area (Å²) in [5.74, 6) is 0.655. The van der Waals surface area contributed by atoms with E-state index in [1.54, 1.807) is 29.6 Å². The number of thioether (sulfide) groups is 3. The fraction of sp³-hybridized carbons (Fsp3) is 0.389. The van der Waals surface area contributed by atoms with E-state index in [4.69, 9.17) is 4.74 Å². The van der Waals surface area contributed by atoms with Crippen molar-refractivity contribution in [1.29, 1.82) is 0 Å². The molecule has 1 aromatic carbocycles. The van der Waals surface area contributed by atoms with Crippen LogP contribution in [0.4, 0.5) is 0 Å². The molecule has 0 fully saturated rings. The van der Waals surface area contributed by atoms with Gasteiger partial charge in [0.1, 0.15) is 5.76 Å². The number of tetrazole rings is 1. The number of aryl methyl sites for hydroxylation is 1. The van der Waals surface area contributed by atoms with Crippen molar-refractivity contribution in [3.05, 3.63) is 35.1 Å². The second-order valence-electron chi connectivity index (χ2n) is 6.02. The van der Waals surface area contributed by atoms with Crippen LogP contribution >= 0.6 is 35.3 Å². The van der Waals surface area contributed by atoms with Crippen LogP contribution in [0.3, 0.4) is 0 Å². The van der Waals surface area contributed by atoms with Gasteiger partial charge in [-0.1, -0.05) is 11.8 Å². The van der Waals surface area contributed by atoms with E-state index in [1.165, 1.54) is 29.6 Å². The van der Waals surface area contributed by atoms with E-state index in [0.29, 0.717) is 41.5 Å². The van der Waals surface area contributed by atoms with Crippen LogP contribution in [0.1, 0.15) is 35.2 Å². The summed E-state index contributed by atoms with van der Waals surface area (Å²) in [6, 6.07) is 3.73. The molecular formula is C18H20N4O3S3. The van der Waals surface area contributed by atoms with Gasteiger partial charge in [0.25, 0.3) is 0 Å². The summed E-state index contributed by atoms with van der Waals surface area (Å²) < 4.78 is 7.14. The fourth-order valence-electron chi connectivity index (χ4n) is 2.83. The van der Waals surface area contributed by atoms with Crippen LogP contribution in [-0.2, 0) is 22.3 Å². The number of aromatic nitrogens is 4. The SMILES string of the molecule is CSc1ccc(C(=O)OC2=CC(=O)CCC2)c(SC)c1CSc1nnnn1C. The monoisotopic (exact) mass is 436 g/mol. The number of nitrogens with zero attached hydrogens (tertiary/aromatic N) is 4. The number of esters is 1. The molecule has 3 rings (SSSR count). The normalized spacial score (nSPS) is 14.1. The first kappa shape index (κ1) is 20.9. The summed E-state index contributed by atoms with van der Waals surface area (Å²) in [7, 11) is 1.79. The molecule has 1 aromatic heterocycles. The summed E-state index contributed by atoms with van der Waals surface area (Å²) in [6.07, 6.45) is 7.22. The van der Waals surface area contributed by atoms with Gasteiger partial charge in [-0.3, -0.25) is 4.79 Å². The van der Waals surface area contributed by atoms with Gasteiger partial charge in [-0.15, -0.1) is 28.6 Å². The van der Waals surface area contributed by atoms with Gasteiger partial charge in [-0.05, 0) is 47.1 Å². The molecule has 0 bridgehead atoms. The van der Waals surface area contributed by atoms with Crippen molar-refractivity contribution in [2.24, 2.45) is 7.05 Å². The number of carbonyl (C=O) groups excluding carboxylic acids is 2. The number of ketones is 1.